The highest BCUT2D eigenvalue weighted by Crippen LogP contribution is 2.44. The Morgan fingerprint density at radius 1 is 1.40 bits per heavy atom. The zero-order valence-corrected chi connectivity index (χ0v) is 10.3. The maximum atomic E-state index is 11.6. The van der Waals surface area contributed by atoms with E-state index in [9.17, 15) is 4.79 Å². The number of halogens is 1. The summed E-state index contributed by atoms with van der Waals surface area (Å²) >= 11 is 0. The molecule has 4 heteroatoms. The van der Waals surface area contributed by atoms with E-state index in [0.29, 0.717) is 30.4 Å². The normalized spacial score (nSPS) is 42.5. The number of ether oxygens (including phenoxy) is 1. The standard InChI is InChI=1S/C11H19NO2.ClH/c1-4-14-11(13)10-8-5-9(12-10)7(3)6(8)2;/h6-10,12H,4-5H2,1-3H3;1H/t6?,7?,8?,9?,10-;/m0./s1. The summed E-state index contributed by atoms with van der Waals surface area (Å²) in [6.45, 7) is 6.86. The maximum absolute atomic E-state index is 11.6. The minimum absolute atomic E-state index is 0. The van der Waals surface area contributed by atoms with Gasteiger partial charge in [0, 0.05) is 6.04 Å². The second-order valence-corrected chi connectivity index (χ2v) is 4.62. The van der Waals surface area contributed by atoms with Crippen LogP contribution in [0.4, 0.5) is 0 Å². The molecule has 1 saturated heterocycles. The molecule has 1 heterocycles. The number of hydrogen-bond donors (Lipinski definition) is 1. The van der Waals surface area contributed by atoms with Crippen molar-refractivity contribution >= 4 is 18.4 Å². The lowest BCUT2D eigenvalue weighted by Gasteiger charge is -2.31. The maximum Gasteiger partial charge on any atom is 0.323 e. The topological polar surface area (TPSA) is 38.3 Å². The highest BCUT2D eigenvalue weighted by atomic mass is 35.5. The van der Waals surface area contributed by atoms with Gasteiger partial charge in [0.25, 0.3) is 0 Å². The first-order chi connectivity index (χ1) is 6.65. The fourth-order valence-electron chi connectivity index (χ4n) is 2.97. The van der Waals surface area contributed by atoms with Crippen molar-refractivity contribution < 1.29 is 9.53 Å². The van der Waals surface area contributed by atoms with E-state index in [1.165, 1.54) is 0 Å². The molecule has 1 aliphatic heterocycles. The molecule has 1 N–H and O–H groups in total. The van der Waals surface area contributed by atoms with Crippen LogP contribution in [-0.2, 0) is 9.53 Å². The Bertz CT molecular complexity index is 245. The zero-order chi connectivity index (χ0) is 10.3. The van der Waals surface area contributed by atoms with Crippen molar-refractivity contribution in [3.05, 3.63) is 0 Å². The SMILES string of the molecule is CCOC(=O)[C@H]1NC2CC1C(C)C2C.Cl. The summed E-state index contributed by atoms with van der Waals surface area (Å²) < 4.78 is 5.06. The third-order valence-electron chi connectivity index (χ3n) is 4.03. The number of fused-ring (bicyclic) bond motifs is 2. The number of carbonyl (C=O) groups excluding carboxylic acids is 1. The lowest BCUT2D eigenvalue weighted by atomic mass is 9.84. The van der Waals surface area contributed by atoms with Crippen LogP contribution in [0.25, 0.3) is 0 Å². The minimum atomic E-state index is -0.0567. The van der Waals surface area contributed by atoms with E-state index in [4.69, 9.17) is 4.74 Å². The Morgan fingerprint density at radius 3 is 2.53 bits per heavy atom. The number of carbonyl (C=O) groups is 1. The number of nitrogens with one attached hydrogen (secondary N) is 1. The van der Waals surface area contributed by atoms with Gasteiger partial charge in [0.1, 0.15) is 6.04 Å². The van der Waals surface area contributed by atoms with E-state index in [-0.39, 0.29) is 24.4 Å². The summed E-state index contributed by atoms with van der Waals surface area (Å²) in [6.07, 6.45) is 1.14. The van der Waals surface area contributed by atoms with Crippen LogP contribution in [0.15, 0.2) is 0 Å². The molecule has 88 valence electrons. The highest BCUT2D eigenvalue weighted by molar-refractivity contribution is 5.85. The molecular formula is C11H20ClNO2. The molecule has 1 saturated carbocycles. The summed E-state index contributed by atoms with van der Waals surface area (Å²) in [6, 6.07) is 0.496. The Labute approximate surface area is 97.4 Å². The number of rotatable bonds is 2. The van der Waals surface area contributed by atoms with Crippen molar-refractivity contribution in [2.75, 3.05) is 6.61 Å². The van der Waals surface area contributed by atoms with Gasteiger partial charge in [-0.1, -0.05) is 13.8 Å². The quantitative estimate of drug-likeness (QED) is 0.737. The van der Waals surface area contributed by atoms with Crippen LogP contribution in [0.1, 0.15) is 27.2 Å². The van der Waals surface area contributed by atoms with Gasteiger partial charge in [-0.2, -0.15) is 0 Å². The predicted molar refractivity (Wildman–Crippen MR) is 61.0 cm³/mol. The minimum Gasteiger partial charge on any atom is -0.465 e. The molecule has 2 rings (SSSR count). The van der Waals surface area contributed by atoms with Crippen LogP contribution in [0.3, 0.4) is 0 Å². The predicted octanol–water partition coefficient (Wildman–Crippen LogP) is 1.60. The van der Waals surface area contributed by atoms with E-state index >= 15 is 0 Å². The molecule has 1 aliphatic carbocycles. The molecule has 3 nitrogen and oxygen atoms in total. The molecule has 4 unspecified atom stereocenters. The van der Waals surface area contributed by atoms with Crippen molar-refractivity contribution in [3.63, 3.8) is 0 Å². The lowest BCUT2D eigenvalue weighted by Crippen LogP contribution is -2.48. The van der Waals surface area contributed by atoms with Crippen molar-refractivity contribution in [2.45, 2.75) is 39.3 Å². The summed E-state index contributed by atoms with van der Waals surface area (Å²) in [4.78, 5) is 11.6. The van der Waals surface area contributed by atoms with Gasteiger partial charge in [-0.15, -0.1) is 12.4 Å². The third kappa shape index (κ3) is 2.00. The van der Waals surface area contributed by atoms with Crippen LogP contribution < -0.4 is 5.32 Å². The summed E-state index contributed by atoms with van der Waals surface area (Å²) in [5.41, 5.74) is 0. The second-order valence-electron chi connectivity index (χ2n) is 4.62. The molecular weight excluding hydrogens is 214 g/mol. The highest BCUT2D eigenvalue weighted by Gasteiger charge is 2.51. The van der Waals surface area contributed by atoms with Gasteiger partial charge in [0.05, 0.1) is 6.61 Å². The monoisotopic (exact) mass is 233 g/mol. The van der Waals surface area contributed by atoms with E-state index in [2.05, 4.69) is 19.2 Å². The van der Waals surface area contributed by atoms with E-state index in [1.807, 2.05) is 6.92 Å². The van der Waals surface area contributed by atoms with Crippen molar-refractivity contribution in [2.24, 2.45) is 17.8 Å². The van der Waals surface area contributed by atoms with Gasteiger partial charge in [-0.3, -0.25) is 4.79 Å². The van der Waals surface area contributed by atoms with Crippen LogP contribution in [0.2, 0.25) is 0 Å². The molecule has 0 aromatic heterocycles. The Balaban J connectivity index is 0.00000112. The first kappa shape index (κ1) is 12.8. The molecule has 5 atom stereocenters. The van der Waals surface area contributed by atoms with Gasteiger partial charge in [-0.25, -0.2) is 0 Å². The van der Waals surface area contributed by atoms with Crippen molar-refractivity contribution in [3.8, 4) is 0 Å². The zero-order valence-electron chi connectivity index (χ0n) is 9.53. The van der Waals surface area contributed by atoms with E-state index < -0.39 is 0 Å². The molecule has 2 fully saturated rings. The number of esters is 1. The van der Waals surface area contributed by atoms with Gasteiger partial charge in [0.15, 0.2) is 0 Å². The lowest BCUT2D eigenvalue weighted by molar-refractivity contribution is -0.147. The fraction of sp³-hybridized carbons (Fsp3) is 0.909. The summed E-state index contributed by atoms with van der Waals surface area (Å²) in [5.74, 6) is 1.79. The average molecular weight is 234 g/mol. The summed E-state index contributed by atoms with van der Waals surface area (Å²) in [7, 11) is 0. The second kappa shape index (κ2) is 4.71. The van der Waals surface area contributed by atoms with Crippen LogP contribution in [-0.4, -0.2) is 24.7 Å². The first-order valence-corrected chi connectivity index (χ1v) is 5.57. The number of hydrogen-bond acceptors (Lipinski definition) is 3. The molecule has 0 aromatic rings. The third-order valence-corrected chi connectivity index (χ3v) is 4.03. The Hall–Kier alpha value is -0.280. The van der Waals surface area contributed by atoms with Crippen molar-refractivity contribution in [1.29, 1.82) is 0 Å². The Kier molecular flexibility index (Phi) is 4.01. The average Bonchev–Trinajstić information content (AvgIpc) is 2.68. The van der Waals surface area contributed by atoms with Gasteiger partial charge >= 0.3 is 5.97 Å². The van der Waals surface area contributed by atoms with Gasteiger partial charge in [-0.05, 0) is 31.1 Å². The molecule has 2 aliphatic rings. The number of piperidine rings is 1. The van der Waals surface area contributed by atoms with Crippen LogP contribution in [0, 0.1) is 17.8 Å². The molecule has 2 bridgehead atoms. The molecule has 15 heavy (non-hydrogen) atoms. The van der Waals surface area contributed by atoms with Gasteiger partial charge < -0.3 is 10.1 Å². The van der Waals surface area contributed by atoms with E-state index in [1.54, 1.807) is 0 Å². The largest absolute Gasteiger partial charge is 0.465 e. The smallest absolute Gasteiger partial charge is 0.323 e. The fourth-order valence-corrected chi connectivity index (χ4v) is 2.97. The molecule has 0 radical (unpaired) electrons. The molecule has 0 aromatic carbocycles. The molecule has 0 amide bonds. The molecule has 0 spiro atoms. The first-order valence-electron chi connectivity index (χ1n) is 5.57. The summed E-state index contributed by atoms with van der Waals surface area (Å²) in [5, 5.41) is 3.38. The van der Waals surface area contributed by atoms with E-state index in [0.717, 1.165) is 6.42 Å². The van der Waals surface area contributed by atoms with Crippen LogP contribution in [0.5, 0.6) is 0 Å². The Morgan fingerprint density at radius 2 is 2.07 bits per heavy atom. The van der Waals surface area contributed by atoms with Gasteiger partial charge in [0.2, 0.25) is 0 Å². The van der Waals surface area contributed by atoms with Crippen molar-refractivity contribution in [1.82, 2.24) is 5.32 Å². The van der Waals surface area contributed by atoms with Crippen LogP contribution >= 0.6 is 12.4 Å².